The maximum Gasteiger partial charge on any atom is -0.0168 e. The van der Waals surface area contributed by atoms with E-state index in [1.807, 2.05) is 6.07 Å². The Morgan fingerprint density at radius 3 is 2.92 bits per heavy atom. The lowest BCUT2D eigenvalue weighted by Gasteiger charge is -2.24. The largest absolute Gasteiger partial charge is 0.662 e. The van der Waals surface area contributed by atoms with E-state index >= 15 is 0 Å². The first-order valence-corrected chi connectivity index (χ1v) is 4.75. The van der Waals surface area contributed by atoms with Crippen molar-refractivity contribution in [2.45, 2.75) is 26.2 Å². The molecule has 0 aliphatic carbocycles. The Balaban J connectivity index is 2.45. The fourth-order valence-electron chi connectivity index (χ4n) is 1.72. The Bertz CT molecular complexity index is 339. The van der Waals surface area contributed by atoms with Crippen molar-refractivity contribution in [2.75, 3.05) is 0 Å². The molecule has 0 aromatic heterocycles. The number of fused-ring (bicyclic) bond motifs is 1. The van der Waals surface area contributed by atoms with Crippen LogP contribution in [-0.4, -0.2) is 0 Å². The lowest BCUT2D eigenvalue weighted by molar-refractivity contribution is 0.786. The van der Waals surface area contributed by atoms with E-state index < -0.39 is 0 Å². The molecule has 1 nitrogen and oxygen atoms in total. The second-order valence-electron chi connectivity index (χ2n) is 3.65. The van der Waals surface area contributed by atoms with Crippen molar-refractivity contribution in [3.8, 4) is 0 Å². The molecule has 0 amide bonds. The second-order valence-corrected chi connectivity index (χ2v) is 3.65. The first kappa shape index (κ1) is 8.36. The van der Waals surface area contributed by atoms with Crippen LogP contribution in [0.1, 0.15) is 31.7 Å². The van der Waals surface area contributed by atoms with E-state index in [0.717, 1.165) is 17.8 Å². The highest BCUT2D eigenvalue weighted by Gasteiger charge is 2.06. The summed E-state index contributed by atoms with van der Waals surface area (Å²) < 4.78 is 0. The highest BCUT2D eigenvalue weighted by atomic mass is 14.9. The van der Waals surface area contributed by atoms with Crippen LogP contribution in [0, 0.1) is 0 Å². The van der Waals surface area contributed by atoms with Crippen molar-refractivity contribution in [1.82, 2.24) is 0 Å². The van der Waals surface area contributed by atoms with Gasteiger partial charge in [-0.05, 0) is 12.3 Å². The standard InChI is InChI=1S/C12H14N/c1-9-7-8-10(2)13-12-6-4-3-5-11(9)12/h3-6,8-9H,7H2,1-2H3/q-1. The average Bonchev–Trinajstić information content (AvgIpc) is 2.27. The highest BCUT2D eigenvalue weighted by molar-refractivity contribution is 5.62. The molecule has 0 radical (unpaired) electrons. The Morgan fingerprint density at radius 1 is 1.31 bits per heavy atom. The zero-order chi connectivity index (χ0) is 9.26. The molecular formula is C12H14N-. The summed E-state index contributed by atoms with van der Waals surface area (Å²) in [6.45, 7) is 4.32. The molecule has 0 spiro atoms. The van der Waals surface area contributed by atoms with Gasteiger partial charge in [0.15, 0.2) is 0 Å². The number of rotatable bonds is 0. The van der Waals surface area contributed by atoms with Crippen molar-refractivity contribution in [3.63, 3.8) is 0 Å². The minimum atomic E-state index is 0.595. The molecule has 1 atom stereocenters. The van der Waals surface area contributed by atoms with Gasteiger partial charge in [-0.1, -0.05) is 43.7 Å². The maximum atomic E-state index is 4.55. The van der Waals surface area contributed by atoms with Gasteiger partial charge in [0.1, 0.15) is 0 Å². The average molecular weight is 172 g/mol. The van der Waals surface area contributed by atoms with Crippen LogP contribution < -0.4 is 0 Å². The number of nitrogens with zero attached hydrogens (tertiary/aromatic N) is 1. The third-order valence-corrected chi connectivity index (χ3v) is 2.53. The minimum Gasteiger partial charge on any atom is -0.662 e. The van der Waals surface area contributed by atoms with Gasteiger partial charge in [-0.25, -0.2) is 0 Å². The summed E-state index contributed by atoms with van der Waals surface area (Å²) in [5.74, 6) is 0.595. The van der Waals surface area contributed by atoms with E-state index in [1.54, 1.807) is 0 Å². The van der Waals surface area contributed by atoms with Crippen LogP contribution >= 0.6 is 0 Å². The Labute approximate surface area is 79.5 Å². The van der Waals surface area contributed by atoms with Gasteiger partial charge in [-0.3, -0.25) is 0 Å². The van der Waals surface area contributed by atoms with E-state index in [0.29, 0.717) is 5.92 Å². The minimum absolute atomic E-state index is 0.595. The molecule has 68 valence electrons. The molecule has 1 aliphatic heterocycles. The molecule has 1 aliphatic rings. The van der Waals surface area contributed by atoms with Crippen molar-refractivity contribution in [2.24, 2.45) is 0 Å². The second kappa shape index (κ2) is 3.25. The highest BCUT2D eigenvalue weighted by Crippen LogP contribution is 2.37. The van der Waals surface area contributed by atoms with Crippen molar-refractivity contribution in [3.05, 3.63) is 46.9 Å². The molecule has 1 aromatic rings. The van der Waals surface area contributed by atoms with Gasteiger partial charge in [0.05, 0.1) is 0 Å². The molecule has 1 heteroatoms. The van der Waals surface area contributed by atoms with Crippen LogP contribution in [0.2, 0.25) is 0 Å². The molecule has 0 fully saturated rings. The van der Waals surface area contributed by atoms with E-state index in [4.69, 9.17) is 0 Å². The zero-order valence-corrected chi connectivity index (χ0v) is 8.12. The quantitative estimate of drug-likeness (QED) is 0.559. The van der Waals surface area contributed by atoms with Crippen LogP contribution in [0.15, 0.2) is 36.0 Å². The van der Waals surface area contributed by atoms with Crippen LogP contribution in [0.25, 0.3) is 5.32 Å². The summed E-state index contributed by atoms with van der Waals surface area (Å²) >= 11 is 0. The normalized spacial score (nSPS) is 21.1. The molecule has 0 bridgehead atoms. The summed E-state index contributed by atoms with van der Waals surface area (Å²) in [6.07, 6.45) is 3.32. The smallest absolute Gasteiger partial charge is 0.0168 e. The molecule has 13 heavy (non-hydrogen) atoms. The first-order valence-electron chi connectivity index (χ1n) is 4.75. The topological polar surface area (TPSA) is 14.1 Å². The summed E-state index contributed by atoms with van der Waals surface area (Å²) in [4.78, 5) is 0. The summed E-state index contributed by atoms with van der Waals surface area (Å²) in [5, 5.41) is 4.55. The van der Waals surface area contributed by atoms with Crippen molar-refractivity contribution < 1.29 is 0 Å². The molecule has 0 saturated carbocycles. The van der Waals surface area contributed by atoms with Crippen LogP contribution in [0.3, 0.4) is 0 Å². The molecule has 0 N–H and O–H groups in total. The molecule has 1 heterocycles. The van der Waals surface area contributed by atoms with Gasteiger partial charge in [0.2, 0.25) is 0 Å². The predicted octanol–water partition coefficient (Wildman–Crippen LogP) is 4.10. The van der Waals surface area contributed by atoms with Crippen LogP contribution in [-0.2, 0) is 0 Å². The van der Waals surface area contributed by atoms with Gasteiger partial charge in [0, 0.05) is 0 Å². The lowest BCUT2D eigenvalue weighted by Crippen LogP contribution is -1.89. The fraction of sp³-hybridized carbons (Fsp3) is 0.333. The third-order valence-electron chi connectivity index (χ3n) is 2.53. The Hall–Kier alpha value is -1.24. The van der Waals surface area contributed by atoms with Gasteiger partial charge >= 0.3 is 0 Å². The van der Waals surface area contributed by atoms with E-state index in [-0.39, 0.29) is 0 Å². The molecule has 1 unspecified atom stereocenters. The Kier molecular flexibility index (Phi) is 2.09. The molecule has 0 saturated heterocycles. The third kappa shape index (κ3) is 1.59. The van der Waals surface area contributed by atoms with Crippen molar-refractivity contribution >= 4 is 5.69 Å². The SMILES string of the molecule is CC1=CCC(C)c2ccccc2[N-]1. The number of allylic oxidation sites excluding steroid dienone is 2. The molecular weight excluding hydrogens is 158 g/mol. The van der Waals surface area contributed by atoms with Gasteiger partial charge in [0.25, 0.3) is 0 Å². The lowest BCUT2D eigenvalue weighted by atomic mass is 9.97. The summed E-state index contributed by atoms with van der Waals surface area (Å²) in [5.41, 5.74) is 3.65. The Morgan fingerprint density at radius 2 is 2.08 bits per heavy atom. The van der Waals surface area contributed by atoms with Crippen LogP contribution in [0.4, 0.5) is 5.69 Å². The van der Waals surface area contributed by atoms with Gasteiger partial charge < -0.3 is 5.32 Å². The number of para-hydroxylation sites is 1. The van der Waals surface area contributed by atoms with Crippen LogP contribution in [0.5, 0.6) is 0 Å². The summed E-state index contributed by atoms with van der Waals surface area (Å²) in [6, 6.07) is 8.41. The van der Waals surface area contributed by atoms with Gasteiger partial charge in [-0.2, -0.15) is 5.70 Å². The molecule has 1 aromatic carbocycles. The predicted molar refractivity (Wildman–Crippen MR) is 56.3 cm³/mol. The fourth-order valence-corrected chi connectivity index (χ4v) is 1.72. The van der Waals surface area contributed by atoms with E-state index in [1.165, 1.54) is 5.56 Å². The van der Waals surface area contributed by atoms with E-state index in [9.17, 15) is 0 Å². The van der Waals surface area contributed by atoms with E-state index in [2.05, 4.69) is 43.4 Å². The number of hydrogen-bond acceptors (Lipinski definition) is 0. The number of hydrogen-bond donors (Lipinski definition) is 0. The van der Waals surface area contributed by atoms with Gasteiger partial charge in [-0.15, -0.1) is 11.8 Å². The first-order chi connectivity index (χ1) is 6.27. The van der Waals surface area contributed by atoms with Crippen molar-refractivity contribution in [1.29, 1.82) is 0 Å². The monoisotopic (exact) mass is 172 g/mol. The maximum absolute atomic E-state index is 4.55. The molecule has 2 rings (SSSR count). The zero-order valence-electron chi connectivity index (χ0n) is 8.12. The summed E-state index contributed by atoms with van der Waals surface area (Å²) in [7, 11) is 0. The number of benzene rings is 1.